The third-order valence-electron chi connectivity index (χ3n) is 4.12. The van der Waals surface area contributed by atoms with Gasteiger partial charge in [0.15, 0.2) is 0 Å². The molecule has 1 aromatic rings. The molecule has 2 fully saturated rings. The summed E-state index contributed by atoms with van der Waals surface area (Å²) >= 11 is 0. The molecular formula is C14H20N4O. The molecule has 0 bridgehead atoms. The molecule has 1 unspecified atom stereocenters. The van der Waals surface area contributed by atoms with E-state index in [0.29, 0.717) is 24.5 Å². The van der Waals surface area contributed by atoms with Crippen molar-refractivity contribution < 1.29 is 4.79 Å². The molecule has 102 valence electrons. The monoisotopic (exact) mass is 260 g/mol. The van der Waals surface area contributed by atoms with Crippen LogP contribution in [-0.4, -0.2) is 53.9 Å². The number of anilines is 1. The second kappa shape index (κ2) is 5.25. The number of hydrogen-bond acceptors (Lipinski definition) is 5. The van der Waals surface area contributed by atoms with Crippen molar-refractivity contribution in [1.82, 2.24) is 14.9 Å². The average Bonchev–Trinajstić information content (AvgIpc) is 2.87. The highest BCUT2D eigenvalue weighted by Gasteiger charge is 2.23. The quantitative estimate of drug-likeness (QED) is 0.796. The van der Waals surface area contributed by atoms with Crippen LogP contribution in [-0.2, 0) is 4.79 Å². The molecule has 3 heterocycles. The number of hydrogen-bond donors (Lipinski definition) is 0. The van der Waals surface area contributed by atoms with E-state index in [1.807, 2.05) is 12.4 Å². The Kier molecular flexibility index (Phi) is 3.46. The van der Waals surface area contributed by atoms with E-state index in [0.717, 1.165) is 32.1 Å². The standard InChI is InChI=1S/C14H20N4O/c1-17-5-2-11(10-17)12-8-15-14(16-9-12)18-6-3-13(19)4-7-18/h8-9,11H,2-7,10H2,1H3. The lowest BCUT2D eigenvalue weighted by Crippen LogP contribution is -2.34. The Morgan fingerprint density at radius 2 is 1.84 bits per heavy atom. The van der Waals surface area contributed by atoms with E-state index in [1.54, 1.807) is 0 Å². The first kappa shape index (κ1) is 12.5. The van der Waals surface area contributed by atoms with Crippen LogP contribution in [0, 0.1) is 0 Å². The average molecular weight is 260 g/mol. The molecule has 5 heteroatoms. The number of likely N-dealkylation sites (N-methyl/N-ethyl adjacent to an activating group) is 1. The summed E-state index contributed by atoms with van der Waals surface area (Å²) in [5, 5.41) is 0. The van der Waals surface area contributed by atoms with Crippen molar-refractivity contribution in [3.8, 4) is 0 Å². The summed E-state index contributed by atoms with van der Waals surface area (Å²) < 4.78 is 0. The van der Waals surface area contributed by atoms with E-state index in [9.17, 15) is 4.79 Å². The van der Waals surface area contributed by atoms with Crippen molar-refractivity contribution in [2.24, 2.45) is 0 Å². The molecule has 1 atom stereocenters. The van der Waals surface area contributed by atoms with Gasteiger partial charge in [0.05, 0.1) is 0 Å². The molecule has 0 amide bonds. The summed E-state index contributed by atoms with van der Waals surface area (Å²) in [6.45, 7) is 3.76. The first-order chi connectivity index (χ1) is 9.22. The van der Waals surface area contributed by atoms with Crippen LogP contribution in [0.5, 0.6) is 0 Å². The Labute approximate surface area is 113 Å². The summed E-state index contributed by atoms with van der Waals surface area (Å²) in [5.41, 5.74) is 1.24. The summed E-state index contributed by atoms with van der Waals surface area (Å²) in [4.78, 5) is 24.6. The van der Waals surface area contributed by atoms with Gasteiger partial charge in [0.1, 0.15) is 5.78 Å². The van der Waals surface area contributed by atoms with E-state index in [1.165, 1.54) is 12.0 Å². The minimum absolute atomic E-state index is 0.349. The van der Waals surface area contributed by atoms with Gasteiger partial charge in [-0.25, -0.2) is 9.97 Å². The van der Waals surface area contributed by atoms with Crippen LogP contribution in [0.15, 0.2) is 12.4 Å². The highest BCUT2D eigenvalue weighted by Crippen LogP contribution is 2.25. The van der Waals surface area contributed by atoms with Crippen LogP contribution in [0.3, 0.4) is 0 Å². The van der Waals surface area contributed by atoms with Gasteiger partial charge in [-0.15, -0.1) is 0 Å². The minimum atomic E-state index is 0.349. The van der Waals surface area contributed by atoms with E-state index < -0.39 is 0 Å². The number of aromatic nitrogens is 2. The highest BCUT2D eigenvalue weighted by atomic mass is 16.1. The van der Waals surface area contributed by atoms with Crippen molar-refractivity contribution in [3.05, 3.63) is 18.0 Å². The maximum absolute atomic E-state index is 11.2. The van der Waals surface area contributed by atoms with E-state index in [2.05, 4.69) is 26.8 Å². The summed E-state index contributed by atoms with van der Waals surface area (Å²) in [5.74, 6) is 1.69. The van der Waals surface area contributed by atoms with Crippen molar-refractivity contribution in [1.29, 1.82) is 0 Å². The number of piperidine rings is 1. The molecular weight excluding hydrogens is 240 g/mol. The number of nitrogens with zero attached hydrogens (tertiary/aromatic N) is 4. The minimum Gasteiger partial charge on any atom is -0.340 e. The lowest BCUT2D eigenvalue weighted by molar-refractivity contribution is -0.119. The molecule has 5 nitrogen and oxygen atoms in total. The van der Waals surface area contributed by atoms with Crippen molar-refractivity contribution >= 4 is 11.7 Å². The predicted octanol–water partition coefficient (Wildman–Crippen LogP) is 1.06. The summed E-state index contributed by atoms with van der Waals surface area (Å²) in [7, 11) is 2.15. The number of carbonyl (C=O) groups excluding carboxylic acids is 1. The van der Waals surface area contributed by atoms with Crippen LogP contribution in [0.25, 0.3) is 0 Å². The molecule has 19 heavy (non-hydrogen) atoms. The van der Waals surface area contributed by atoms with E-state index in [4.69, 9.17) is 0 Å². The Morgan fingerprint density at radius 3 is 2.42 bits per heavy atom. The van der Waals surface area contributed by atoms with Crippen LogP contribution in [0.1, 0.15) is 30.7 Å². The number of likely N-dealkylation sites (tertiary alicyclic amines) is 1. The van der Waals surface area contributed by atoms with Crippen LogP contribution < -0.4 is 4.90 Å². The molecule has 1 aromatic heterocycles. The third kappa shape index (κ3) is 2.76. The zero-order chi connectivity index (χ0) is 13.2. The molecule has 0 N–H and O–H groups in total. The van der Waals surface area contributed by atoms with E-state index in [-0.39, 0.29) is 0 Å². The van der Waals surface area contributed by atoms with Gasteiger partial charge in [0, 0.05) is 50.8 Å². The smallest absolute Gasteiger partial charge is 0.225 e. The summed E-state index contributed by atoms with van der Waals surface area (Å²) in [6.07, 6.45) is 6.36. The Hall–Kier alpha value is -1.49. The molecule has 0 radical (unpaired) electrons. The molecule has 3 rings (SSSR count). The van der Waals surface area contributed by atoms with Gasteiger partial charge in [-0.3, -0.25) is 4.79 Å². The van der Waals surface area contributed by atoms with Gasteiger partial charge < -0.3 is 9.80 Å². The van der Waals surface area contributed by atoms with Crippen LogP contribution in [0.2, 0.25) is 0 Å². The van der Waals surface area contributed by atoms with Gasteiger partial charge in [-0.1, -0.05) is 0 Å². The largest absolute Gasteiger partial charge is 0.340 e. The zero-order valence-electron chi connectivity index (χ0n) is 11.4. The van der Waals surface area contributed by atoms with Crippen LogP contribution >= 0.6 is 0 Å². The predicted molar refractivity (Wildman–Crippen MR) is 73.3 cm³/mol. The summed E-state index contributed by atoms with van der Waals surface area (Å²) in [6, 6.07) is 0. The van der Waals surface area contributed by atoms with E-state index >= 15 is 0 Å². The van der Waals surface area contributed by atoms with Crippen molar-refractivity contribution in [3.63, 3.8) is 0 Å². The first-order valence-electron chi connectivity index (χ1n) is 6.99. The number of rotatable bonds is 2. The number of Topliss-reactive ketones (excluding diaryl/α,β-unsaturated/α-hetero) is 1. The SMILES string of the molecule is CN1CCC(c2cnc(N3CCC(=O)CC3)nc2)C1. The lowest BCUT2D eigenvalue weighted by atomic mass is 10.0. The molecule has 0 saturated carbocycles. The van der Waals surface area contributed by atoms with Gasteiger partial charge in [-0.2, -0.15) is 0 Å². The Morgan fingerprint density at radius 1 is 1.16 bits per heavy atom. The lowest BCUT2D eigenvalue weighted by Gasteiger charge is -2.26. The van der Waals surface area contributed by atoms with Gasteiger partial charge in [0.2, 0.25) is 5.95 Å². The fourth-order valence-electron chi connectivity index (χ4n) is 2.87. The molecule has 0 spiro atoms. The Balaban J connectivity index is 1.67. The normalized spacial score (nSPS) is 25.0. The molecule has 0 aliphatic carbocycles. The van der Waals surface area contributed by atoms with Crippen molar-refractivity contribution in [2.75, 3.05) is 38.1 Å². The molecule has 2 aliphatic rings. The highest BCUT2D eigenvalue weighted by molar-refractivity contribution is 5.80. The van der Waals surface area contributed by atoms with Crippen LogP contribution in [0.4, 0.5) is 5.95 Å². The second-order valence-electron chi connectivity index (χ2n) is 5.59. The second-order valence-corrected chi connectivity index (χ2v) is 5.59. The fraction of sp³-hybridized carbons (Fsp3) is 0.643. The third-order valence-corrected chi connectivity index (χ3v) is 4.12. The zero-order valence-corrected chi connectivity index (χ0v) is 11.4. The van der Waals surface area contributed by atoms with Gasteiger partial charge in [0.25, 0.3) is 0 Å². The van der Waals surface area contributed by atoms with Crippen molar-refractivity contribution in [2.45, 2.75) is 25.2 Å². The maximum Gasteiger partial charge on any atom is 0.225 e. The Bertz CT molecular complexity index is 449. The number of carbonyl (C=O) groups is 1. The molecule has 0 aromatic carbocycles. The maximum atomic E-state index is 11.2. The van der Waals surface area contributed by atoms with Gasteiger partial charge in [-0.05, 0) is 25.6 Å². The molecule has 2 saturated heterocycles. The fourth-order valence-corrected chi connectivity index (χ4v) is 2.87. The van der Waals surface area contributed by atoms with Gasteiger partial charge >= 0.3 is 0 Å². The first-order valence-corrected chi connectivity index (χ1v) is 6.99. The number of ketones is 1. The topological polar surface area (TPSA) is 49.3 Å². The molecule has 2 aliphatic heterocycles.